The first-order valence-corrected chi connectivity index (χ1v) is 8.11. The summed E-state index contributed by atoms with van der Waals surface area (Å²) in [5.41, 5.74) is 2.72. The maximum absolute atomic E-state index is 5.91. The molecule has 0 bridgehead atoms. The fourth-order valence-electron chi connectivity index (χ4n) is 2.47. The van der Waals surface area contributed by atoms with Crippen LogP contribution in [0.3, 0.4) is 0 Å². The number of nitrogens with one attached hydrogen (secondary N) is 1. The zero-order chi connectivity index (χ0) is 14.8. The number of rotatable bonds is 10. The van der Waals surface area contributed by atoms with Gasteiger partial charge in [0, 0.05) is 6.61 Å². The van der Waals surface area contributed by atoms with Gasteiger partial charge in [-0.3, -0.25) is 0 Å². The average Bonchev–Trinajstić information content (AvgIpc) is 2.47. The number of aryl methyl sites for hydroxylation is 1. The van der Waals surface area contributed by atoms with E-state index >= 15 is 0 Å². The highest BCUT2D eigenvalue weighted by Crippen LogP contribution is 2.16. The molecule has 0 spiro atoms. The summed E-state index contributed by atoms with van der Waals surface area (Å²) in [6.07, 6.45) is 3.58. The molecule has 20 heavy (non-hydrogen) atoms. The van der Waals surface area contributed by atoms with Crippen LogP contribution in [0.1, 0.15) is 57.7 Å². The predicted octanol–water partition coefficient (Wildman–Crippen LogP) is 4.35. The summed E-state index contributed by atoms with van der Waals surface area (Å²) >= 11 is 0. The molecule has 2 unspecified atom stereocenters. The largest absolute Gasteiger partial charge is 0.379 e. The Morgan fingerprint density at radius 1 is 1.05 bits per heavy atom. The normalized spacial score (nSPS) is 14.2. The van der Waals surface area contributed by atoms with Gasteiger partial charge >= 0.3 is 0 Å². The van der Waals surface area contributed by atoms with Gasteiger partial charge < -0.3 is 10.1 Å². The second-order valence-electron chi connectivity index (χ2n) is 5.64. The van der Waals surface area contributed by atoms with Gasteiger partial charge in [0.15, 0.2) is 0 Å². The van der Waals surface area contributed by atoms with Crippen molar-refractivity contribution in [2.24, 2.45) is 5.92 Å². The van der Waals surface area contributed by atoms with Crippen LogP contribution in [0.25, 0.3) is 0 Å². The van der Waals surface area contributed by atoms with Crippen molar-refractivity contribution >= 4 is 0 Å². The Labute approximate surface area is 124 Å². The van der Waals surface area contributed by atoms with E-state index < -0.39 is 0 Å². The van der Waals surface area contributed by atoms with Crippen LogP contribution < -0.4 is 5.32 Å². The molecule has 0 amide bonds. The second kappa shape index (κ2) is 9.95. The van der Waals surface area contributed by atoms with Crippen LogP contribution in [0.15, 0.2) is 24.3 Å². The van der Waals surface area contributed by atoms with Gasteiger partial charge in [0.25, 0.3) is 0 Å². The molecule has 0 radical (unpaired) electrons. The van der Waals surface area contributed by atoms with Crippen LogP contribution in [0.5, 0.6) is 0 Å². The van der Waals surface area contributed by atoms with E-state index in [9.17, 15) is 0 Å². The maximum atomic E-state index is 5.91. The highest BCUT2D eigenvalue weighted by Gasteiger charge is 2.11. The molecule has 1 aromatic rings. The lowest BCUT2D eigenvalue weighted by Crippen LogP contribution is -2.26. The predicted molar refractivity (Wildman–Crippen MR) is 87.1 cm³/mol. The Balaban J connectivity index is 2.50. The molecule has 1 rings (SSSR count). The molecule has 0 saturated carbocycles. The standard InChI is InChI=1S/C18H31NO/c1-5-8-15(4)13-20-14-18(19-7-3)17-11-9-16(6-2)10-12-17/h9-12,15,18-19H,5-8,13-14H2,1-4H3. The van der Waals surface area contributed by atoms with E-state index in [1.54, 1.807) is 0 Å². The minimum Gasteiger partial charge on any atom is -0.379 e. The third kappa shape index (κ3) is 6.06. The van der Waals surface area contributed by atoms with Crippen molar-refractivity contribution in [1.29, 1.82) is 0 Å². The number of likely N-dealkylation sites (N-methyl/N-ethyl adjacent to an activating group) is 1. The van der Waals surface area contributed by atoms with Crippen LogP contribution >= 0.6 is 0 Å². The Bertz CT molecular complexity index is 347. The van der Waals surface area contributed by atoms with Gasteiger partial charge in [-0.25, -0.2) is 0 Å². The second-order valence-corrected chi connectivity index (χ2v) is 5.64. The first-order valence-electron chi connectivity index (χ1n) is 8.11. The van der Waals surface area contributed by atoms with Gasteiger partial charge in [-0.05, 0) is 36.4 Å². The van der Waals surface area contributed by atoms with Gasteiger partial charge in [-0.2, -0.15) is 0 Å². The fourth-order valence-corrected chi connectivity index (χ4v) is 2.47. The molecule has 0 saturated heterocycles. The fraction of sp³-hybridized carbons (Fsp3) is 0.667. The van der Waals surface area contributed by atoms with Crippen molar-refractivity contribution in [3.05, 3.63) is 35.4 Å². The minimum absolute atomic E-state index is 0.305. The molecular weight excluding hydrogens is 246 g/mol. The Hall–Kier alpha value is -0.860. The summed E-state index contributed by atoms with van der Waals surface area (Å²) in [5, 5.41) is 3.52. The molecule has 0 aliphatic heterocycles. The Kier molecular flexibility index (Phi) is 8.56. The van der Waals surface area contributed by atoms with Gasteiger partial charge in [-0.15, -0.1) is 0 Å². The molecule has 1 N–H and O–H groups in total. The van der Waals surface area contributed by atoms with Crippen LogP contribution in [0.2, 0.25) is 0 Å². The topological polar surface area (TPSA) is 21.3 Å². The SMILES string of the molecule is CCCC(C)COCC(NCC)c1ccc(CC)cc1. The lowest BCUT2D eigenvalue weighted by molar-refractivity contribution is 0.0836. The Morgan fingerprint density at radius 3 is 2.30 bits per heavy atom. The summed E-state index contributed by atoms with van der Waals surface area (Å²) in [6, 6.07) is 9.20. The zero-order valence-electron chi connectivity index (χ0n) is 13.6. The zero-order valence-corrected chi connectivity index (χ0v) is 13.6. The van der Waals surface area contributed by atoms with Crippen molar-refractivity contribution in [1.82, 2.24) is 5.32 Å². The smallest absolute Gasteiger partial charge is 0.0661 e. The quantitative estimate of drug-likeness (QED) is 0.686. The minimum atomic E-state index is 0.305. The summed E-state index contributed by atoms with van der Waals surface area (Å²) in [5.74, 6) is 0.657. The van der Waals surface area contributed by atoms with Gasteiger partial charge in [0.1, 0.15) is 0 Å². The molecule has 114 valence electrons. The van der Waals surface area contributed by atoms with E-state index in [2.05, 4.69) is 57.3 Å². The van der Waals surface area contributed by atoms with E-state index in [0.717, 1.165) is 26.2 Å². The first-order chi connectivity index (χ1) is 9.71. The molecule has 2 heteroatoms. The van der Waals surface area contributed by atoms with E-state index in [0.29, 0.717) is 12.0 Å². The summed E-state index contributed by atoms with van der Waals surface area (Å²) in [4.78, 5) is 0. The van der Waals surface area contributed by atoms with Gasteiger partial charge in [0.2, 0.25) is 0 Å². The van der Waals surface area contributed by atoms with E-state index in [4.69, 9.17) is 4.74 Å². The molecule has 1 aromatic carbocycles. The monoisotopic (exact) mass is 277 g/mol. The van der Waals surface area contributed by atoms with Crippen LogP contribution in [-0.4, -0.2) is 19.8 Å². The van der Waals surface area contributed by atoms with Gasteiger partial charge in [0.05, 0.1) is 12.6 Å². The van der Waals surface area contributed by atoms with Crippen molar-refractivity contribution in [3.63, 3.8) is 0 Å². The molecule has 0 aliphatic carbocycles. The third-order valence-corrected chi connectivity index (χ3v) is 3.71. The lowest BCUT2D eigenvalue weighted by atomic mass is 10.0. The van der Waals surface area contributed by atoms with Crippen molar-refractivity contribution < 1.29 is 4.74 Å². The van der Waals surface area contributed by atoms with Crippen molar-refractivity contribution in [2.75, 3.05) is 19.8 Å². The first kappa shape index (κ1) is 17.2. The molecule has 2 nitrogen and oxygen atoms in total. The molecule has 0 aliphatic rings. The van der Waals surface area contributed by atoms with Crippen LogP contribution in [0.4, 0.5) is 0 Å². The Morgan fingerprint density at radius 2 is 1.75 bits per heavy atom. The molecule has 2 atom stereocenters. The van der Waals surface area contributed by atoms with Crippen molar-refractivity contribution in [3.8, 4) is 0 Å². The lowest BCUT2D eigenvalue weighted by Gasteiger charge is -2.20. The van der Waals surface area contributed by atoms with Crippen LogP contribution in [-0.2, 0) is 11.2 Å². The highest BCUT2D eigenvalue weighted by atomic mass is 16.5. The number of benzene rings is 1. The number of hydrogen-bond acceptors (Lipinski definition) is 2. The van der Waals surface area contributed by atoms with E-state index in [1.165, 1.54) is 24.0 Å². The van der Waals surface area contributed by atoms with Crippen LogP contribution in [0, 0.1) is 5.92 Å². The summed E-state index contributed by atoms with van der Waals surface area (Å²) < 4.78 is 5.91. The molecular formula is C18H31NO. The number of hydrogen-bond donors (Lipinski definition) is 1. The maximum Gasteiger partial charge on any atom is 0.0661 e. The van der Waals surface area contributed by atoms with Gasteiger partial charge in [-0.1, -0.05) is 58.4 Å². The van der Waals surface area contributed by atoms with Crippen molar-refractivity contribution in [2.45, 2.75) is 53.0 Å². The summed E-state index contributed by atoms with van der Waals surface area (Å²) in [6.45, 7) is 11.4. The van der Waals surface area contributed by atoms with E-state index in [-0.39, 0.29) is 0 Å². The van der Waals surface area contributed by atoms with E-state index in [1.807, 2.05) is 0 Å². The highest BCUT2D eigenvalue weighted by molar-refractivity contribution is 5.25. The number of ether oxygens (including phenoxy) is 1. The summed E-state index contributed by atoms with van der Waals surface area (Å²) in [7, 11) is 0. The molecule has 0 heterocycles. The molecule has 0 aromatic heterocycles. The average molecular weight is 277 g/mol. The molecule has 0 fully saturated rings. The third-order valence-electron chi connectivity index (χ3n) is 3.71.